The van der Waals surface area contributed by atoms with Crippen LogP contribution in [-0.4, -0.2) is 31.6 Å². The summed E-state index contributed by atoms with van der Waals surface area (Å²) >= 11 is 0. The fraction of sp³-hybridized carbons (Fsp3) is 1.00. The van der Waals surface area contributed by atoms with Crippen molar-refractivity contribution < 1.29 is 9.84 Å². The standard InChI is InChI=1S/C5H13NO2/c1-5(8-2)6-3-4-7/h5-7H,3-4H2,1-2H3. The van der Waals surface area contributed by atoms with Crippen LogP contribution in [0.15, 0.2) is 0 Å². The Morgan fingerprint density at radius 2 is 2.38 bits per heavy atom. The zero-order valence-electron chi connectivity index (χ0n) is 5.35. The molecule has 2 N–H and O–H groups in total. The number of aliphatic hydroxyl groups excluding tert-OH is 1. The molecule has 3 heteroatoms. The van der Waals surface area contributed by atoms with Crippen molar-refractivity contribution in [2.75, 3.05) is 20.3 Å². The van der Waals surface area contributed by atoms with Gasteiger partial charge in [-0.3, -0.25) is 5.32 Å². The van der Waals surface area contributed by atoms with Gasteiger partial charge < -0.3 is 9.84 Å². The van der Waals surface area contributed by atoms with Gasteiger partial charge in [0, 0.05) is 13.7 Å². The molecular weight excluding hydrogens is 106 g/mol. The summed E-state index contributed by atoms with van der Waals surface area (Å²) in [6, 6.07) is 0. The van der Waals surface area contributed by atoms with Crippen LogP contribution in [0.25, 0.3) is 0 Å². The molecule has 0 saturated heterocycles. The first kappa shape index (κ1) is 7.88. The van der Waals surface area contributed by atoms with E-state index in [1.807, 2.05) is 6.92 Å². The van der Waals surface area contributed by atoms with E-state index in [0.717, 1.165) is 0 Å². The molecule has 0 aromatic rings. The molecule has 0 fully saturated rings. The lowest BCUT2D eigenvalue weighted by Crippen LogP contribution is -2.29. The molecule has 0 heterocycles. The number of hydrogen-bond donors (Lipinski definition) is 2. The first-order valence-corrected chi connectivity index (χ1v) is 2.68. The summed E-state index contributed by atoms with van der Waals surface area (Å²) in [4.78, 5) is 0. The van der Waals surface area contributed by atoms with E-state index in [1.54, 1.807) is 7.11 Å². The third-order valence-corrected chi connectivity index (χ3v) is 0.897. The number of aliphatic hydroxyl groups is 1. The molecule has 1 unspecified atom stereocenters. The van der Waals surface area contributed by atoms with Crippen molar-refractivity contribution in [2.24, 2.45) is 0 Å². The van der Waals surface area contributed by atoms with E-state index in [0.29, 0.717) is 6.54 Å². The lowest BCUT2D eigenvalue weighted by molar-refractivity contribution is 0.0844. The maximum Gasteiger partial charge on any atom is 0.104 e. The van der Waals surface area contributed by atoms with Gasteiger partial charge in [0.15, 0.2) is 0 Å². The number of nitrogens with one attached hydrogen (secondary N) is 1. The van der Waals surface area contributed by atoms with Crippen LogP contribution in [0, 0.1) is 0 Å². The first-order valence-electron chi connectivity index (χ1n) is 2.68. The van der Waals surface area contributed by atoms with Gasteiger partial charge >= 0.3 is 0 Å². The molecule has 0 radical (unpaired) electrons. The zero-order valence-corrected chi connectivity index (χ0v) is 5.35. The molecule has 0 spiro atoms. The van der Waals surface area contributed by atoms with Crippen molar-refractivity contribution in [1.29, 1.82) is 0 Å². The summed E-state index contributed by atoms with van der Waals surface area (Å²) in [5.41, 5.74) is 0. The van der Waals surface area contributed by atoms with Gasteiger partial charge in [-0.05, 0) is 6.92 Å². The molecule has 50 valence electrons. The minimum Gasteiger partial charge on any atom is -0.395 e. The number of hydrogen-bond acceptors (Lipinski definition) is 3. The highest BCUT2D eigenvalue weighted by atomic mass is 16.5. The third kappa shape index (κ3) is 4.05. The first-order chi connectivity index (χ1) is 3.81. The summed E-state index contributed by atoms with van der Waals surface area (Å²) in [7, 11) is 1.62. The van der Waals surface area contributed by atoms with Crippen LogP contribution in [0.1, 0.15) is 6.92 Å². The third-order valence-electron chi connectivity index (χ3n) is 0.897. The number of methoxy groups -OCH3 is 1. The van der Waals surface area contributed by atoms with Gasteiger partial charge in [-0.2, -0.15) is 0 Å². The van der Waals surface area contributed by atoms with Gasteiger partial charge in [0.25, 0.3) is 0 Å². The molecule has 0 saturated carbocycles. The van der Waals surface area contributed by atoms with Crippen LogP contribution < -0.4 is 5.32 Å². The van der Waals surface area contributed by atoms with Crippen molar-refractivity contribution in [1.82, 2.24) is 5.32 Å². The van der Waals surface area contributed by atoms with E-state index >= 15 is 0 Å². The highest BCUT2D eigenvalue weighted by molar-refractivity contribution is 4.43. The summed E-state index contributed by atoms with van der Waals surface area (Å²) in [5, 5.41) is 11.2. The van der Waals surface area contributed by atoms with Crippen molar-refractivity contribution in [3.8, 4) is 0 Å². The van der Waals surface area contributed by atoms with Gasteiger partial charge in [0.2, 0.25) is 0 Å². The fourth-order valence-corrected chi connectivity index (χ4v) is 0.351. The molecule has 0 bridgehead atoms. The van der Waals surface area contributed by atoms with Gasteiger partial charge in [0.05, 0.1) is 6.61 Å². The van der Waals surface area contributed by atoms with Crippen LogP contribution in [-0.2, 0) is 4.74 Å². The molecule has 0 aliphatic carbocycles. The van der Waals surface area contributed by atoms with Crippen LogP contribution in [0.5, 0.6) is 0 Å². The molecular formula is C5H13NO2. The molecule has 1 atom stereocenters. The predicted molar refractivity (Wildman–Crippen MR) is 31.6 cm³/mol. The van der Waals surface area contributed by atoms with Crippen LogP contribution in [0.4, 0.5) is 0 Å². The molecule has 3 nitrogen and oxygen atoms in total. The monoisotopic (exact) mass is 119 g/mol. The summed E-state index contributed by atoms with van der Waals surface area (Å²) < 4.78 is 4.83. The Labute approximate surface area is 49.7 Å². The van der Waals surface area contributed by atoms with Gasteiger partial charge in [-0.15, -0.1) is 0 Å². The van der Waals surface area contributed by atoms with Crippen molar-refractivity contribution in [3.05, 3.63) is 0 Å². The van der Waals surface area contributed by atoms with E-state index < -0.39 is 0 Å². The normalized spacial score (nSPS) is 13.9. The zero-order chi connectivity index (χ0) is 6.41. The quantitative estimate of drug-likeness (QED) is 0.493. The second kappa shape index (κ2) is 5.03. The average Bonchev–Trinajstić information content (AvgIpc) is 1.83. The number of rotatable bonds is 4. The van der Waals surface area contributed by atoms with Gasteiger partial charge in [-0.25, -0.2) is 0 Å². The number of ether oxygens (including phenoxy) is 1. The van der Waals surface area contributed by atoms with E-state index in [4.69, 9.17) is 9.84 Å². The largest absolute Gasteiger partial charge is 0.395 e. The minimum absolute atomic E-state index is 0.0437. The van der Waals surface area contributed by atoms with Crippen molar-refractivity contribution in [3.63, 3.8) is 0 Å². The maximum atomic E-state index is 8.29. The molecule has 0 rings (SSSR count). The summed E-state index contributed by atoms with van der Waals surface area (Å²) in [6.45, 7) is 2.64. The van der Waals surface area contributed by atoms with Crippen LogP contribution >= 0.6 is 0 Å². The lowest BCUT2D eigenvalue weighted by Gasteiger charge is -2.08. The molecule has 0 aliphatic heterocycles. The molecule has 0 aromatic heterocycles. The molecule has 8 heavy (non-hydrogen) atoms. The van der Waals surface area contributed by atoms with E-state index in [9.17, 15) is 0 Å². The second-order valence-electron chi connectivity index (χ2n) is 1.56. The summed E-state index contributed by atoms with van der Waals surface area (Å²) in [6.07, 6.45) is 0.0437. The SMILES string of the molecule is COC(C)NCCO. The van der Waals surface area contributed by atoms with E-state index in [2.05, 4.69) is 5.32 Å². The maximum absolute atomic E-state index is 8.29. The van der Waals surface area contributed by atoms with Crippen molar-refractivity contribution in [2.45, 2.75) is 13.2 Å². The highest BCUT2D eigenvalue weighted by Gasteiger charge is 1.92. The summed E-state index contributed by atoms with van der Waals surface area (Å²) in [5.74, 6) is 0. The second-order valence-corrected chi connectivity index (χ2v) is 1.56. The molecule has 0 amide bonds. The van der Waals surface area contributed by atoms with Gasteiger partial charge in [-0.1, -0.05) is 0 Å². The Balaban J connectivity index is 2.86. The predicted octanol–water partition coefficient (Wildman–Crippen LogP) is -0.439. The Morgan fingerprint density at radius 3 is 2.75 bits per heavy atom. The highest BCUT2D eigenvalue weighted by Crippen LogP contribution is 1.76. The Morgan fingerprint density at radius 1 is 1.75 bits per heavy atom. The fourth-order valence-electron chi connectivity index (χ4n) is 0.351. The minimum atomic E-state index is 0.0437. The average molecular weight is 119 g/mol. The molecule has 0 aromatic carbocycles. The molecule has 0 aliphatic rings. The van der Waals surface area contributed by atoms with Gasteiger partial charge in [0.1, 0.15) is 6.23 Å². The van der Waals surface area contributed by atoms with Crippen LogP contribution in [0.3, 0.4) is 0 Å². The lowest BCUT2D eigenvalue weighted by atomic mass is 10.6. The Hall–Kier alpha value is -0.120. The van der Waals surface area contributed by atoms with E-state index in [-0.39, 0.29) is 12.8 Å². The van der Waals surface area contributed by atoms with Crippen molar-refractivity contribution >= 4 is 0 Å². The topological polar surface area (TPSA) is 41.5 Å². The van der Waals surface area contributed by atoms with E-state index in [1.165, 1.54) is 0 Å². The van der Waals surface area contributed by atoms with Crippen LogP contribution in [0.2, 0.25) is 0 Å². The smallest absolute Gasteiger partial charge is 0.104 e. The Bertz CT molecular complexity index is 49.7. The Kier molecular flexibility index (Phi) is 4.95.